The second kappa shape index (κ2) is 10.5. The molecule has 0 fully saturated rings. The maximum Gasteiger partial charge on any atom is 0.286 e. The van der Waals surface area contributed by atoms with Gasteiger partial charge in [0.15, 0.2) is 5.01 Å². The van der Waals surface area contributed by atoms with E-state index in [2.05, 4.69) is 20.8 Å². The number of rotatable bonds is 8. The standard InChI is InChI=1S/C25H22N4O3S/c1-17(18-8-4-2-5-9-18)26-23(30)19-12-14-20(15-13-19)27-24(31)25-29-28-22(33-25)16-32-21-10-6-3-7-11-21/h2-15,17H,16H2,1H3,(H,26,30)(H,27,31)/t17-/m1/s1. The predicted octanol–water partition coefficient (Wildman–Crippen LogP) is 4.86. The number of ether oxygens (including phenoxy) is 1. The number of para-hydroxylation sites is 1. The molecule has 7 nitrogen and oxygen atoms in total. The Labute approximate surface area is 195 Å². The van der Waals surface area contributed by atoms with Gasteiger partial charge in [-0.3, -0.25) is 9.59 Å². The molecule has 0 unspecified atom stereocenters. The number of hydrogen-bond donors (Lipinski definition) is 2. The van der Waals surface area contributed by atoms with Gasteiger partial charge in [0.1, 0.15) is 12.4 Å². The van der Waals surface area contributed by atoms with E-state index < -0.39 is 0 Å². The largest absolute Gasteiger partial charge is 0.486 e. The van der Waals surface area contributed by atoms with Crippen LogP contribution in [-0.2, 0) is 6.61 Å². The average Bonchev–Trinajstić information content (AvgIpc) is 3.34. The highest BCUT2D eigenvalue weighted by molar-refractivity contribution is 7.13. The fourth-order valence-corrected chi connectivity index (χ4v) is 3.71. The second-order valence-electron chi connectivity index (χ2n) is 7.24. The minimum atomic E-state index is -0.367. The molecule has 166 valence electrons. The quantitative estimate of drug-likeness (QED) is 0.393. The van der Waals surface area contributed by atoms with Gasteiger partial charge in [-0.15, -0.1) is 10.2 Å². The first-order valence-corrected chi connectivity index (χ1v) is 11.2. The Kier molecular flexibility index (Phi) is 7.06. The summed E-state index contributed by atoms with van der Waals surface area (Å²) in [6.45, 7) is 2.17. The first-order chi connectivity index (χ1) is 16.1. The molecular formula is C25H22N4O3S. The van der Waals surface area contributed by atoms with Crippen LogP contribution in [0.4, 0.5) is 5.69 Å². The fourth-order valence-electron chi connectivity index (χ4n) is 3.06. The van der Waals surface area contributed by atoms with E-state index in [-0.39, 0.29) is 29.5 Å². The minimum Gasteiger partial charge on any atom is -0.486 e. The van der Waals surface area contributed by atoms with Gasteiger partial charge in [-0.1, -0.05) is 59.9 Å². The van der Waals surface area contributed by atoms with Gasteiger partial charge in [0.2, 0.25) is 5.01 Å². The van der Waals surface area contributed by atoms with Crippen LogP contribution in [-0.4, -0.2) is 22.0 Å². The van der Waals surface area contributed by atoms with Crippen molar-refractivity contribution in [2.45, 2.75) is 19.6 Å². The van der Waals surface area contributed by atoms with Crippen molar-refractivity contribution in [3.05, 3.63) is 106 Å². The van der Waals surface area contributed by atoms with Crippen molar-refractivity contribution < 1.29 is 14.3 Å². The van der Waals surface area contributed by atoms with Crippen LogP contribution in [0, 0.1) is 0 Å². The van der Waals surface area contributed by atoms with Crippen LogP contribution in [0.5, 0.6) is 5.75 Å². The third kappa shape index (κ3) is 6.02. The molecule has 1 heterocycles. The van der Waals surface area contributed by atoms with Crippen LogP contribution in [0.15, 0.2) is 84.9 Å². The Bertz CT molecular complexity index is 1210. The molecule has 0 aliphatic carbocycles. The van der Waals surface area contributed by atoms with E-state index >= 15 is 0 Å². The van der Waals surface area contributed by atoms with Crippen LogP contribution in [0.3, 0.4) is 0 Å². The van der Waals surface area contributed by atoms with Crippen molar-refractivity contribution in [1.82, 2.24) is 15.5 Å². The van der Waals surface area contributed by atoms with Gasteiger partial charge in [0, 0.05) is 11.3 Å². The molecule has 0 saturated carbocycles. The molecule has 8 heteroatoms. The lowest BCUT2D eigenvalue weighted by molar-refractivity contribution is 0.0939. The first kappa shape index (κ1) is 22.2. The average molecular weight is 459 g/mol. The van der Waals surface area contributed by atoms with E-state index in [4.69, 9.17) is 4.74 Å². The van der Waals surface area contributed by atoms with Gasteiger partial charge in [0.25, 0.3) is 11.8 Å². The van der Waals surface area contributed by atoms with Crippen molar-refractivity contribution >= 4 is 28.8 Å². The van der Waals surface area contributed by atoms with Crippen LogP contribution < -0.4 is 15.4 Å². The number of aromatic nitrogens is 2. The molecule has 33 heavy (non-hydrogen) atoms. The number of anilines is 1. The third-order valence-corrected chi connectivity index (χ3v) is 5.71. The number of amides is 2. The van der Waals surface area contributed by atoms with E-state index in [0.29, 0.717) is 16.3 Å². The van der Waals surface area contributed by atoms with E-state index in [1.54, 1.807) is 24.3 Å². The third-order valence-electron chi connectivity index (χ3n) is 4.82. The predicted molar refractivity (Wildman–Crippen MR) is 127 cm³/mol. The molecule has 0 aliphatic rings. The SMILES string of the molecule is C[C@@H](NC(=O)c1ccc(NC(=O)c2nnc(COc3ccccc3)s2)cc1)c1ccccc1. The molecule has 3 aromatic carbocycles. The maximum absolute atomic E-state index is 12.5. The summed E-state index contributed by atoms with van der Waals surface area (Å²) in [6.07, 6.45) is 0. The van der Waals surface area contributed by atoms with Crippen LogP contribution >= 0.6 is 11.3 Å². The Morgan fingerprint density at radius 2 is 1.55 bits per heavy atom. The van der Waals surface area contributed by atoms with Gasteiger partial charge in [-0.05, 0) is 48.9 Å². The summed E-state index contributed by atoms with van der Waals surface area (Å²) in [5.74, 6) is 0.172. The first-order valence-electron chi connectivity index (χ1n) is 10.4. The molecule has 4 rings (SSSR count). The number of carbonyl (C=O) groups is 2. The van der Waals surface area contributed by atoms with Gasteiger partial charge in [0.05, 0.1) is 6.04 Å². The lowest BCUT2D eigenvalue weighted by atomic mass is 10.1. The molecule has 2 amide bonds. The number of carbonyl (C=O) groups excluding carboxylic acids is 2. The van der Waals surface area contributed by atoms with Gasteiger partial charge < -0.3 is 15.4 Å². The lowest BCUT2D eigenvalue weighted by Gasteiger charge is -2.14. The summed E-state index contributed by atoms with van der Waals surface area (Å²) in [5.41, 5.74) is 2.09. The minimum absolute atomic E-state index is 0.115. The van der Waals surface area contributed by atoms with E-state index in [1.165, 1.54) is 11.3 Å². The van der Waals surface area contributed by atoms with E-state index in [1.807, 2.05) is 67.6 Å². The molecule has 4 aromatic rings. The highest BCUT2D eigenvalue weighted by Gasteiger charge is 2.15. The van der Waals surface area contributed by atoms with Crippen molar-refractivity contribution in [3.63, 3.8) is 0 Å². The Hall–Kier alpha value is -4.04. The molecule has 0 radical (unpaired) electrons. The highest BCUT2D eigenvalue weighted by atomic mass is 32.1. The smallest absolute Gasteiger partial charge is 0.286 e. The van der Waals surface area contributed by atoms with Crippen LogP contribution in [0.1, 0.15) is 43.7 Å². The molecule has 0 bridgehead atoms. The van der Waals surface area contributed by atoms with Crippen molar-refractivity contribution in [2.75, 3.05) is 5.32 Å². The lowest BCUT2D eigenvalue weighted by Crippen LogP contribution is -2.26. The molecule has 1 aromatic heterocycles. The van der Waals surface area contributed by atoms with Crippen LogP contribution in [0.25, 0.3) is 0 Å². The second-order valence-corrected chi connectivity index (χ2v) is 8.30. The highest BCUT2D eigenvalue weighted by Crippen LogP contribution is 2.18. The number of nitrogens with one attached hydrogen (secondary N) is 2. The molecule has 1 atom stereocenters. The Balaban J connectivity index is 1.31. The molecule has 0 aliphatic heterocycles. The maximum atomic E-state index is 12.5. The van der Waals surface area contributed by atoms with Crippen molar-refractivity contribution in [1.29, 1.82) is 0 Å². The topological polar surface area (TPSA) is 93.2 Å². The summed E-state index contributed by atoms with van der Waals surface area (Å²) < 4.78 is 5.63. The Morgan fingerprint density at radius 1 is 0.879 bits per heavy atom. The van der Waals surface area contributed by atoms with Gasteiger partial charge in [-0.2, -0.15) is 0 Å². The number of nitrogens with zero attached hydrogens (tertiary/aromatic N) is 2. The fraction of sp³-hybridized carbons (Fsp3) is 0.120. The Morgan fingerprint density at radius 3 is 2.24 bits per heavy atom. The van der Waals surface area contributed by atoms with Gasteiger partial charge >= 0.3 is 0 Å². The summed E-state index contributed by atoms with van der Waals surface area (Å²) in [7, 11) is 0. The van der Waals surface area contributed by atoms with Gasteiger partial charge in [-0.25, -0.2) is 0 Å². The number of hydrogen-bond acceptors (Lipinski definition) is 6. The summed E-state index contributed by atoms with van der Waals surface area (Å²) in [4.78, 5) is 25.0. The zero-order valence-corrected chi connectivity index (χ0v) is 18.7. The monoisotopic (exact) mass is 458 g/mol. The molecular weight excluding hydrogens is 436 g/mol. The number of benzene rings is 3. The summed E-state index contributed by atoms with van der Waals surface area (Å²) >= 11 is 1.17. The molecule has 0 spiro atoms. The summed E-state index contributed by atoms with van der Waals surface area (Å²) in [6, 6.07) is 25.7. The van der Waals surface area contributed by atoms with E-state index in [0.717, 1.165) is 11.3 Å². The van der Waals surface area contributed by atoms with Crippen molar-refractivity contribution in [2.24, 2.45) is 0 Å². The van der Waals surface area contributed by atoms with Crippen LogP contribution in [0.2, 0.25) is 0 Å². The zero-order chi connectivity index (χ0) is 23.0. The molecule has 2 N–H and O–H groups in total. The zero-order valence-electron chi connectivity index (χ0n) is 17.9. The molecule has 0 saturated heterocycles. The normalized spacial score (nSPS) is 11.4. The van der Waals surface area contributed by atoms with Crippen molar-refractivity contribution in [3.8, 4) is 5.75 Å². The summed E-state index contributed by atoms with van der Waals surface area (Å²) in [5, 5.41) is 14.5. The van der Waals surface area contributed by atoms with E-state index in [9.17, 15) is 9.59 Å².